The summed E-state index contributed by atoms with van der Waals surface area (Å²) in [6, 6.07) is 59.2. The number of hydrogen-bond donors (Lipinski definition) is 0. The van der Waals surface area contributed by atoms with Gasteiger partial charge in [-0.2, -0.15) is 0 Å². The molecule has 0 atom stereocenters. The van der Waals surface area contributed by atoms with Crippen molar-refractivity contribution in [2.45, 2.75) is 19.6 Å². The molecule has 10 rings (SSSR count). The third-order valence-corrected chi connectivity index (χ3v) is 14.6. The molecule has 1 spiro atoms. The number of hydrogen-bond acceptors (Lipinski definition) is 3. The largest absolute Gasteiger partial charge is 0.306 e. The van der Waals surface area contributed by atoms with E-state index < -0.39 is 9.07 Å². The van der Waals surface area contributed by atoms with Gasteiger partial charge < -0.3 is 9.80 Å². The third-order valence-electron chi connectivity index (χ3n) is 9.88. The molecule has 0 saturated heterocycles. The van der Waals surface area contributed by atoms with Gasteiger partial charge in [-0.25, -0.2) is 0 Å². The Hall–Kier alpha value is -5.71. The van der Waals surface area contributed by atoms with E-state index >= 15 is 4.21 Å². The molecule has 0 N–H and O–H groups in total. The van der Waals surface area contributed by atoms with E-state index in [9.17, 15) is 0 Å². The first-order chi connectivity index (χ1) is 22.7. The van der Waals surface area contributed by atoms with Crippen molar-refractivity contribution in [1.29, 1.82) is 0 Å². The molecule has 3 heterocycles. The Morgan fingerprint density at radius 2 is 0.696 bits per heavy atom. The summed E-state index contributed by atoms with van der Waals surface area (Å²) in [6.07, 6.45) is 0. The molecule has 0 bridgehead atoms. The van der Waals surface area contributed by atoms with Gasteiger partial charge in [-0.15, -0.1) is 0 Å². The van der Waals surface area contributed by atoms with Gasteiger partial charge in [0.25, 0.3) is 0 Å². The predicted molar refractivity (Wildman–Crippen MR) is 188 cm³/mol. The number of benzene rings is 7. The molecule has 0 saturated carbocycles. The van der Waals surface area contributed by atoms with Crippen LogP contribution in [0.25, 0.3) is 22.3 Å². The molecule has 46 heavy (non-hydrogen) atoms. The normalized spacial score (nSPS) is 16.3. The van der Waals surface area contributed by atoms with Crippen LogP contribution in [0.2, 0.25) is 0 Å². The highest BCUT2D eigenvalue weighted by molar-refractivity contribution is 8.21. The fraction of sp³-hybridized carbons (Fsp3) is 0. The zero-order valence-corrected chi connectivity index (χ0v) is 25.7. The second-order valence-corrected chi connectivity index (χ2v) is 15.7. The van der Waals surface area contributed by atoms with E-state index in [-0.39, 0.29) is 0 Å². The summed E-state index contributed by atoms with van der Waals surface area (Å²) in [6.45, 7) is 0. The Bertz CT molecular complexity index is 2340. The fourth-order valence-electron chi connectivity index (χ4n) is 8.07. The molecule has 3 nitrogen and oxygen atoms in total. The molecule has 0 fully saturated rings. The van der Waals surface area contributed by atoms with Gasteiger partial charge in [0.2, 0.25) is 0 Å². The zero-order valence-electron chi connectivity index (χ0n) is 24.9. The van der Waals surface area contributed by atoms with Crippen LogP contribution in [0.1, 0.15) is 0 Å². The molecule has 3 aliphatic heterocycles. The van der Waals surface area contributed by atoms with Crippen molar-refractivity contribution in [2.24, 2.45) is 0 Å². The van der Waals surface area contributed by atoms with Gasteiger partial charge in [0, 0.05) is 40.0 Å². The lowest BCUT2D eigenvalue weighted by Crippen LogP contribution is -2.30. The molecule has 0 aromatic heterocycles. The van der Waals surface area contributed by atoms with Crippen molar-refractivity contribution in [3.63, 3.8) is 0 Å². The number of anilines is 6. The Labute approximate surface area is 268 Å². The van der Waals surface area contributed by atoms with Crippen LogP contribution in [-0.2, 0) is 9.07 Å². The van der Waals surface area contributed by atoms with Gasteiger partial charge in [-0.3, -0.25) is 4.21 Å². The minimum atomic E-state index is -3.95. The van der Waals surface area contributed by atoms with Crippen molar-refractivity contribution < 1.29 is 4.21 Å². The summed E-state index contributed by atoms with van der Waals surface area (Å²) in [5.41, 5.74) is 10.6. The molecule has 218 valence electrons. The average Bonchev–Trinajstić information content (AvgIpc) is 3.51. The Balaban J connectivity index is 1.29. The van der Waals surface area contributed by atoms with Crippen LogP contribution in [0.4, 0.5) is 34.1 Å². The van der Waals surface area contributed by atoms with Crippen LogP contribution in [0.5, 0.6) is 0 Å². The van der Waals surface area contributed by atoms with Crippen molar-refractivity contribution >= 4 is 43.2 Å². The smallest absolute Gasteiger partial charge is 0.0703 e. The lowest BCUT2D eigenvalue weighted by atomic mass is 10.0. The van der Waals surface area contributed by atoms with Crippen LogP contribution < -0.4 is 9.80 Å². The summed E-state index contributed by atoms with van der Waals surface area (Å²) in [4.78, 5) is 8.25. The van der Waals surface area contributed by atoms with Gasteiger partial charge in [-0.05, 0) is 89.0 Å². The number of rotatable bonds is 2. The van der Waals surface area contributed by atoms with E-state index in [1.807, 2.05) is 18.2 Å². The molecule has 0 aliphatic carbocycles. The van der Waals surface area contributed by atoms with Gasteiger partial charge in [-0.1, -0.05) is 103 Å². The minimum Gasteiger partial charge on any atom is -0.306 e. The molecule has 3 aliphatic rings. The maximum atomic E-state index is 17.0. The van der Waals surface area contributed by atoms with Gasteiger partial charge >= 0.3 is 0 Å². The first kappa shape index (κ1) is 25.6. The average molecular weight is 609 g/mol. The Morgan fingerprint density at radius 3 is 1.17 bits per heavy atom. The van der Waals surface area contributed by atoms with E-state index in [0.717, 1.165) is 76.0 Å². The van der Waals surface area contributed by atoms with E-state index in [4.69, 9.17) is 0 Å². The lowest BCUT2D eigenvalue weighted by molar-refractivity contribution is 0.658. The first-order valence-corrected chi connectivity index (χ1v) is 17.6. The fourth-order valence-corrected chi connectivity index (χ4v) is 13.2. The molecule has 0 radical (unpaired) electrons. The second kappa shape index (κ2) is 8.94. The number of para-hydroxylation sites is 5. The number of fused-ring (bicyclic) bond motifs is 12. The Morgan fingerprint density at radius 1 is 0.326 bits per heavy atom. The molecule has 0 amide bonds. The Kier molecular flexibility index (Phi) is 4.97. The molecule has 7 aromatic carbocycles. The van der Waals surface area contributed by atoms with Gasteiger partial charge in [0.15, 0.2) is 0 Å². The van der Waals surface area contributed by atoms with Crippen LogP contribution in [0.15, 0.2) is 189 Å². The van der Waals surface area contributed by atoms with Crippen LogP contribution >= 0.6 is 0 Å². The monoisotopic (exact) mass is 608 g/mol. The number of nitrogens with zero attached hydrogens (tertiary/aromatic N) is 2. The summed E-state index contributed by atoms with van der Waals surface area (Å²) in [5, 5.41) is 0. The summed E-state index contributed by atoms with van der Waals surface area (Å²) in [5.74, 6) is 0. The van der Waals surface area contributed by atoms with Gasteiger partial charge in [0.1, 0.15) is 0 Å². The lowest BCUT2D eigenvalue weighted by Gasteiger charge is -2.41. The standard InChI is InChI=1S/C42H28N2OS/c45-46(39-23-11-4-16-31(39)32-17-5-12-24-40(32)46)41-25-13-6-18-33(41)34-27-26-30(28-42(34)46)44-37-21-9-7-19-35(37)43(29-14-2-1-3-15-29)36-20-8-10-22-38(36)44/h1-28H. The highest BCUT2D eigenvalue weighted by Crippen LogP contribution is 2.71. The summed E-state index contributed by atoms with van der Waals surface area (Å²) >= 11 is 0. The summed E-state index contributed by atoms with van der Waals surface area (Å²) in [7, 11) is -3.95. The van der Waals surface area contributed by atoms with E-state index in [1.165, 1.54) is 0 Å². The topological polar surface area (TPSA) is 23.6 Å². The molecular weight excluding hydrogens is 581 g/mol. The third kappa shape index (κ3) is 2.95. The minimum absolute atomic E-state index is 0.883. The van der Waals surface area contributed by atoms with E-state index in [0.29, 0.717) is 0 Å². The molecule has 0 unspecified atom stereocenters. The maximum absolute atomic E-state index is 17.0. The van der Waals surface area contributed by atoms with Crippen LogP contribution in [-0.4, -0.2) is 4.21 Å². The molecular formula is C42H28N2OS. The van der Waals surface area contributed by atoms with E-state index in [1.54, 1.807) is 0 Å². The predicted octanol–water partition coefficient (Wildman–Crippen LogP) is 11.3. The second-order valence-electron chi connectivity index (χ2n) is 12.1. The highest BCUT2D eigenvalue weighted by atomic mass is 32.3. The quantitative estimate of drug-likeness (QED) is 0.195. The van der Waals surface area contributed by atoms with Gasteiger partial charge in [0.05, 0.1) is 22.7 Å². The van der Waals surface area contributed by atoms with Crippen molar-refractivity contribution in [3.05, 3.63) is 170 Å². The van der Waals surface area contributed by atoms with Crippen LogP contribution in [0, 0.1) is 0 Å². The molecule has 7 aromatic rings. The van der Waals surface area contributed by atoms with Crippen LogP contribution in [0.3, 0.4) is 0 Å². The van der Waals surface area contributed by atoms with Crippen molar-refractivity contribution in [3.8, 4) is 22.3 Å². The molecule has 4 heteroatoms. The highest BCUT2D eigenvalue weighted by Gasteiger charge is 2.57. The van der Waals surface area contributed by atoms with Crippen molar-refractivity contribution in [2.75, 3.05) is 9.80 Å². The first-order valence-electron chi connectivity index (χ1n) is 15.6. The maximum Gasteiger partial charge on any atom is 0.0703 e. The van der Waals surface area contributed by atoms with Crippen molar-refractivity contribution in [1.82, 2.24) is 0 Å². The SMILES string of the molecule is O=S12(c3ccccc3-c3ccccc31)c1ccccc1-c1ccc(N3c4ccccc4N(c4ccccc4)c4ccccc43)cc12. The van der Waals surface area contributed by atoms with E-state index in [2.05, 4.69) is 161 Å². The zero-order chi connectivity index (χ0) is 30.5. The summed E-state index contributed by atoms with van der Waals surface area (Å²) < 4.78 is 17.0.